The minimum absolute atomic E-state index is 0.710. The van der Waals surface area contributed by atoms with Gasteiger partial charge in [0.25, 0.3) is 0 Å². The van der Waals surface area contributed by atoms with E-state index in [2.05, 4.69) is 30.1 Å². The zero-order chi connectivity index (χ0) is 14.8. The van der Waals surface area contributed by atoms with E-state index in [9.17, 15) is 0 Å². The topological polar surface area (TPSA) is 61.4 Å². The third kappa shape index (κ3) is 2.31. The van der Waals surface area contributed by atoms with Crippen LogP contribution in [0.2, 0.25) is 0 Å². The quantitative estimate of drug-likeness (QED) is 0.581. The second-order valence-electron chi connectivity index (χ2n) is 4.76. The first-order valence-electron chi connectivity index (χ1n) is 6.75. The molecule has 0 radical (unpaired) electrons. The van der Waals surface area contributed by atoms with Gasteiger partial charge in [-0.25, -0.2) is 19.0 Å². The Bertz CT molecular complexity index is 863. The van der Waals surface area contributed by atoms with Crippen LogP contribution >= 0.6 is 11.5 Å². The van der Waals surface area contributed by atoms with Crippen molar-refractivity contribution in [2.75, 3.05) is 0 Å². The molecule has 108 valence electrons. The third-order valence-electron chi connectivity index (χ3n) is 3.40. The standard InChI is InChI=1S/C15H12N6S/c1-2-4-14(21-11-16-10-18-21)12(3-1)8-20-6-5-17-15(20)13-7-19-22-9-13/h1-7,9-11H,8H2. The molecule has 3 heterocycles. The molecule has 0 aliphatic heterocycles. The van der Waals surface area contributed by atoms with Gasteiger partial charge in [0.2, 0.25) is 0 Å². The van der Waals surface area contributed by atoms with Crippen molar-refractivity contribution in [2.45, 2.75) is 6.54 Å². The number of para-hydroxylation sites is 1. The summed E-state index contributed by atoms with van der Waals surface area (Å²) in [5.74, 6) is 0.919. The van der Waals surface area contributed by atoms with Crippen molar-refractivity contribution >= 4 is 11.5 Å². The Morgan fingerprint density at radius 2 is 2.14 bits per heavy atom. The molecule has 0 aliphatic carbocycles. The molecule has 0 amide bonds. The molecule has 0 aliphatic rings. The molecule has 0 fully saturated rings. The summed E-state index contributed by atoms with van der Waals surface area (Å²) in [6, 6.07) is 8.15. The van der Waals surface area contributed by atoms with E-state index >= 15 is 0 Å². The normalized spacial score (nSPS) is 10.9. The number of aromatic nitrogens is 6. The average Bonchev–Trinajstić information content (AvgIpc) is 3.30. The predicted octanol–water partition coefficient (Wildman–Crippen LogP) is 2.64. The van der Waals surface area contributed by atoms with Gasteiger partial charge in [-0.15, -0.1) is 0 Å². The van der Waals surface area contributed by atoms with E-state index in [-0.39, 0.29) is 0 Å². The van der Waals surface area contributed by atoms with Gasteiger partial charge in [0.05, 0.1) is 18.4 Å². The number of rotatable bonds is 4. The molecule has 6 nitrogen and oxygen atoms in total. The molecule has 0 unspecified atom stereocenters. The summed E-state index contributed by atoms with van der Waals surface area (Å²) in [4.78, 5) is 8.46. The van der Waals surface area contributed by atoms with Crippen LogP contribution in [0.25, 0.3) is 17.1 Å². The third-order valence-corrected chi connectivity index (χ3v) is 3.99. The summed E-state index contributed by atoms with van der Waals surface area (Å²) < 4.78 is 8.04. The van der Waals surface area contributed by atoms with Crippen LogP contribution in [0.5, 0.6) is 0 Å². The first-order chi connectivity index (χ1) is 10.9. The van der Waals surface area contributed by atoms with Crippen LogP contribution in [0.1, 0.15) is 5.56 Å². The maximum absolute atomic E-state index is 4.44. The second-order valence-corrected chi connectivity index (χ2v) is 5.42. The van der Waals surface area contributed by atoms with Gasteiger partial charge < -0.3 is 4.57 Å². The minimum atomic E-state index is 0.710. The summed E-state index contributed by atoms with van der Waals surface area (Å²) in [6.45, 7) is 0.710. The monoisotopic (exact) mass is 308 g/mol. The predicted molar refractivity (Wildman–Crippen MR) is 83.8 cm³/mol. The van der Waals surface area contributed by atoms with Crippen molar-refractivity contribution in [3.8, 4) is 17.1 Å². The molecule has 4 rings (SSSR count). The van der Waals surface area contributed by atoms with E-state index in [4.69, 9.17) is 0 Å². The van der Waals surface area contributed by atoms with Crippen LogP contribution in [-0.2, 0) is 6.54 Å². The fourth-order valence-corrected chi connectivity index (χ4v) is 2.91. The zero-order valence-corrected chi connectivity index (χ0v) is 12.4. The summed E-state index contributed by atoms with van der Waals surface area (Å²) in [5, 5.41) is 6.22. The Hall–Kier alpha value is -2.80. The van der Waals surface area contributed by atoms with Crippen molar-refractivity contribution in [3.05, 3.63) is 66.5 Å². The highest BCUT2D eigenvalue weighted by atomic mass is 32.1. The molecule has 0 saturated carbocycles. The van der Waals surface area contributed by atoms with E-state index in [1.165, 1.54) is 17.9 Å². The molecule has 0 N–H and O–H groups in total. The fourth-order valence-electron chi connectivity index (χ4n) is 2.40. The molecule has 3 aromatic heterocycles. The Labute approximate surface area is 130 Å². The Morgan fingerprint density at radius 3 is 2.95 bits per heavy atom. The second kappa shape index (κ2) is 5.53. The van der Waals surface area contributed by atoms with Crippen molar-refractivity contribution in [3.63, 3.8) is 0 Å². The lowest BCUT2D eigenvalue weighted by molar-refractivity contribution is 0.781. The van der Waals surface area contributed by atoms with Crippen molar-refractivity contribution in [2.24, 2.45) is 0 Å². The molecular weight excluding hydrogens is 296 g/mol. The lowest BCUT2D eigenvalue weighted by Crippen LogP contribution is -2.06. The smallest absolute Gasteiger partial charge is 0.142 e. The first kappa shape index (κ1) is 12.9. The summed E-state index contributed by atoms with van der Waals surface area (Å²) in [7, 11) is 0. The van der Waals surface area contributed by atoms with Gasteiger partial charge in [0.15, 0.2) is 0 Å². The summed E-state index contributed by atoms with van der Waals surface area (Å²) in [5.41, 5.74) is 3.20. The highest BCUT2D eigenvalue weighted by Crippen LogP contribution is 2.21. The van der Waals surface area contributed by atoms with Gasteiger partial charge in [-0.05, 0) is 23.2 Å². The Kier molecular flexibility index (Phi) is 3.24. The van der Waals surface area contributed by atoms with E-state index < -0.39 is 0 Å². The largest absolute Gasteiger partial charge is 0.326 e. The summed E-state index contributed by atoms with van der Waals surface area (Å²) in [6.07, 6.45) is 8.87. The molecule has 0 atom stereocenters. The number of benzene rings is 1. The maximum Gasteiger partial charge on any atom is 0.142 e. The molecule has 0 spiro atoms. The highest BCUT2D eigenvalue weighted by molar-refractivity contribution is 7.03. The number of nitrogens with zero attached hydrogens (tertiary/aromatic N) is 6. The van der Waals surface area contributed by atoms with Crippen LogP contribution < -0.4 is 0 Å². The summed E-state index contributed by atoms with van der Waals surface area (Å²) >= 11 is 1.43. The van der Waals surface area contributed by atoms with Gasteiger partial charge >= 0.3 is 0 Å². The van der Waals surface area contributed by atoms with Crippen molar-refractivity contribution < 1.29 is 0 Å². The van der Waals surface area contributed by atoms with Gasteiger partial charge in [-0.3, -0.25) is 0 Å². The van der Waals surface area contributed by atoms with E-state index in [0.29, 0.717) is 6.54 Å². The van der Waals surface area contributed by atoms with Gasteiger partial charge in [-0.1, -0.05) is 18.2 Å². The minimum Gasteiger partial charge on any atom is -0.326 e. The van der Waals surface area contributed by atoms with Crippen LogP contribution in [0, 0.1) is 0 Å². The first-order valence-corrected chi connectivity index (χ1v) is 7.59. The van der Waals surface area contributed by atoms with Gasteiger partial charge in [0, 0.05) is 23.3 Å². The molecule has 22 heavy (non-hydrogen) atoms. The maximum atomic E-state index is 4.44. The van der Waals surface area contributed by atoms with Crippen molar-refractivity contribution in [1.82, 2.24) is 28.7 Å². The van der Waals surface area contributed by atoms with E-state index in [1.807, 2.05) is 42.2 Å². The fraction of sp³-hybridized carbons (Fsp3) is 0.0667. The highest BCUT2D eigenvalue weighted by Gasteiger charge is 2.10. The molecule has 1 aromatic carbocycles. The number of imidazole rings is 1. The van der Waals surface area contributed by atoms with Gasteiger partial charge in [-0.2, -0.15) is 5.10 Å². The molecule has 0 saturated heterocycles. The number of hydrogen-bond acceptors (Lipinski definition) is 5. The van der Waals surface area contributed by atoms with Gasteiger partial charge in [0.1, 0.15) is 18.5 Å². The Morgan fingerprint density at radius 1 is 1.18 bits per heavy atom. The molecule has 0 bridgehead atoms. The number of hydrogen-bond donors (Lipinski definition) is 0. The lowest BCUT2D eigenvalue weighted by Gasteiger charge is -2.11. The SMILES string of the molecule is c1ccc(-n2cncn2)c(Cn2ccnc2-c2cnsc2)c1. The van der Waals surface area contributed by atoms with Crippen LogP contribution in [0.3, 0.4) is 0 Å². The van der Waals surface area contributed by atoms with E-state index in [0.717, 1.165) is 22.6 Å². The van der Waals surface area contributed by atoms with Crippen LogP contribution in [0.15, 0.2) is 60.9 Å². The zero-order valence-electron chi connectivity index (χ0n) is 11.6. The Balaban J connectivity index is 1.73. The molecular formula is C15H12N6S. The van der Waals surface area contributed by atoms with Crippen molar-refractivity contribution in [1.29, 1.82) is 0 Å². The average molecular weight is 308 g/mol. The van der Waals surface area contributed by atoms with Crippen LogP contribution in [0.4, 0.5) is 0 Å². The van der Waals surface area contributed by atoms with Crippen LogP contribution in [-0.4, -0.2) is 28.7 Å². The molecule has 4 aromatic rings. The van der Waals surface area contributed by atoms with E-state index in [1.54, 1.807) is 11.0 Å². The lowest BCUT2D eigenvalue weighted by atomic mass is 10.1. The molecule has 7 heteroatoms.